The van der Waals surface area contributed by atoms with E-state index in [1.807, 2.05) is 0 Å². The zero-order valence-electron chi connectivity index (χ0n) is 14.9. The topological polar surface area (TPSA) is 83.8 Å². The molecular weight excluding hydrogens is 344 g/mol. The van der Waals surface area contributed by atoms with Crippen LogP contribution in [0.1, 0.15) is 61.6 Å². The Morgan fingerprint density at radius 2 is 1.96 bits per heavy atom. The quantitative estimate of drug-likeness (QED) is 0.686. The van der Waals surface area contributed by atoms with Crippen LogP contribution in [0.25, 0.3) is 0 Å². The number of nitrogens with two attached hydrogens (primary N) is 1. The maximum atomic E-state index is 12.8. The average molecular weight is 366 g/mol. The molecule has 26 heavy (non-hydrogen) atoms. The van der Waals surface area contributed by atoms with Crippen molar-refractivity contribution in [2.24, 2.45) is 0 Å². The fraction of sp³-hybridized carbons (Fsp3) is 0.350. The highest BCUT2D eigenvalue weighted by Gasteiger charge is 2.37. The number of aromatic nitrogens is 2. The van der Waals surface area contributed by atoms with E-state index in [1.54, 1.807) is 0 Å². The monoisotopic (exact) mass is 366 g/mol. The molecule has 1 unspecified atom stereocenters. The number of carbonyl (C=O) groups is 1. The Morgan fingerprint density at radius 1 is 1.23 bits per heavy atom. The summed E-state index contributed by atoms with van der Waals surface area (Å²) in [5, 5.41) is 3.32. The van der Waals surface area contributed by atoms with Gasteiger partial charge in [0, 0.05) is 29.2 Å². The predicted octanol–water partition coefficient (Wildman–Crippen LogP) is 4.41. The summed E-state index contributed by atoms with van der Waals surface area (Å²) in [6, 6.07) is 8.46. The van der Waals surface area contributed by atoms with Crippen LogP contribution >= 0.6 is 12.2 Å². The van der Waals surface area contributed by atoms with E-state index in [2.05, 4.69) is 53.4 Å². The minimum absolute atomic E-state index is 0.184. The third-order valence-corrected chi connectivity index (χ3v) is 5.43. The molecule has 6 heteroatoms. The number of anilines is 2. The van der Waals surface area contributed by atoms with Crippen LogP contribution in [0.15, 0.2) is 35.5 Å². The van der Waals surface area contributed by atoms with Crippen molar-refractivity contribution in [3.63, 3.8) is 0 Å². The number of fused-ring (bicyclic) bond motifs is 1. The Labute approximate surface area is 157 Å². The second kappa shape index (κ2) is 6.36. The summed E-state index contributed by atoms with van der Waals surface area (Å²) < 4.78 is 0.342. The van der Waals surface area contributed by atoms with E-state index in [9.17, 15) is 4.79 Å². The maximum Gasteiger partial charge on any atom is 0.200 e. The lowest BCUT2D eigenvalue weighted by atomic mass is 9.76. The fourth-order valence-electron chi connectivity index (χ4n) is 3.91. The number of H-pyrrole nitrogens is 1. The lowest BCUT2D eigenvalue weighted by Crippen LogP contribution is -2.28. The largest absolute Gasteiger partial charge is 0.385 e. The van der Waals surface area contributed by atoms with Gasteiger partial charge in [0.2, 0.25) is 0 Å². The highest BCUT2D eigenvalue weighted by Crippen LogP contribution is 2.46. The molecule has 0 saturated carbocycles. The molecule has 1 aromatic carbocycles. The molecule has 5 nitrogen and oxygen atoms in total. The molecule has 0 spiro atoms. The zero-order chi connectivity index (χ0) is 18.4. The number of ketones is 1. The summed E-state index contributed by atoms with van der Waals surface area (Å²) >= 11 is 5.19. The molecule has 1 aliphatic heterocycles. The van der Waals surface area contributed by atoms with Crippen LogP contribution in [0.4, 0.5) is 11.6 Å². The molecule has 134 valence electrons. The van der Waals surface area contributed by atoms with Crippen molar-refractivity contribution in [3.05, 3.63) is 57.0 Å². The van der Waals surface area contributed by atoms with Crippen molar-refractivity contribution >= 4 is 29.6 Å². The second-order valence-corrected chi connectivity index (χ2v) is 7.65. The Kier molecular flexibility index (Phi) is 4.15. The number of carbonyl (C=O) groups excluding carboxylic acids is 1. The number of nitrogens with zero attached hydrogens (tertiary/aromatic N) is 1. The van der Waals surface area contributed by atoms with Gasteiger partial charge in [-0.05, 0) is 42.1 Å². The molecule has 2 aliphatic rings. The van der Waals surface area contributed by atoms with Gasteiger partial charge in [0.25, 0.3) is 0 Å². The molecule has 0 amide bonds. The normalized spacial score (nSPS) is 19.2. The molecule has 0 radical (unpaired) electrons. The van der Waals surface area contributed by atoms with Gasteiger partial charge in [0.1, 0.15) is 11.6 Å². The first-order valence-corrected chi connectivity index (χ1v) is 9.39. The Morgan fingerprint density at radius 3 is 2.65 bits per heavy atom. The molecule has 0 fully saturated rings. The number of benzene rings is 1. The fourth-order valence-corrected chi connectivity index (χ4v) is 4.11. The highest BCUT2D eigenvalue weighted by atomic mass is 32.1. The summed E-state index contributed by atoms with van der Waals surface area (Å²) in [4.78, 5) is 20.2. The molecule has 4 N–H and O–H groups in total. The van der Waals surface area contributed by atoms with Gasteiger partial charge in [-0.25, -0.2) is 4.98 Å². The second-order valence-electron chi connectivity index (χ2n) is 7.27. The zero-order valence-corrected chi connectivity index (χ0v) is 15.7. The molecule has 0 saturated heterocycles. The predicted molar refractivity (Wildman–Crippen MR) is 106 cm³/mol. The third kappa shape index (κ3) is 2.74. The first-order valence-electron chi connectivity index (χ1n) is 8.98. The Hall–Kier alpha value is -2.47. The van der Waals surface area contributed by atoms with Gasteiger partial charge in [-0.1, -0.05) is 38.1 Å². The van der Waals surface area contributed by atoms with E-state index in [1.165, 1.54) is 5.56 Å². The van der Waals surface area contributed by atoms with Crippen LogP contribution in [0.5, 0.6) is 0 Å². The number of rotatable bonds is 2. The van der Waals surface area contributed by atoms with Gasteiger partial charge in [0.15, 0.2) is 10.6 Å². The number of hydrogen-bond acceptors (Lipinski definition) is 5. The van der Waals surface area contributed by atoms with Gasteiger partial charge in [-0.2, -0.15) is 0 Å². The Balaban J connectivity index is 1.93. The van der Waals surface area contributed by atoms with Crippen molar-refractivity contribution in [2.75, 3.05) is 11.1 Å². The van der Waals surface area contributed by atoms with E-state index in [-0.39, 0.29) is 11.7 Å². The number of nitrogen functional groups attached to an aromatic ring is 1. The number of Topliss-reactive ketones (excluding diaryl/α,β-unsaturated/α-hetero) is 1. The third-order valence-electron chi connectivity index (χ3n) is 5.24. The maximum absolute atomic E-state index is 12.8. The lowest BCUT2D eigenvalue weighted by Gasteiger charge is -2.33. The Bertz CT molecular complexity index is 972. The van der Waals surface area contributed by atoms with Crippen LogP contribution in [-0.4, -0.2) is 15.8 Å². The summed E-state index contributed by atoms with van der Waals surface area (Å²) in [5.74, 6) is 1.56. The highest BCUT2D eigenvalue weighted by molar-refractivity contribution is 7.71. The molecule has 1 aliphatic carbocycles. The van der Waals surface area contributed by atoms with Crippen molar-refractivity contribution in [1.82, 2.24) is 9.97 Å². The summed E-state index contributed by atoms with van der Waals surface area (Å²) in [6.45, 7) is 4.34. The van der Waals surface area contributed by atoms with Crippen LogP contribution in [0.2, 0.25) is 0 Å². The minimum Gasteiger partial charge on any atom is -0.385 e. The molecule has 0 bridgehead atoms. The minimum atomic E-state index is -0.213. The van der Waals surface area contributed by atoms with Gasteiger partial charge < -0.3 is 16.0 Å². The van der Waals surface area contributed by atoms with E-state index in [0.29, 0.717) is 28.7 Å². The van der Waals surface area contributed by atoms with Crippen molar-refractivity contribution < 1.29 is 4.79 Å². The number of hydrogen-bond donors (Lipinski definition) is 3. The van der Waals surface area contributed by atoms with Crippen molar-refractivity contribution in [2.45, 2.75) is 44.9 Å². The summed E-state index contributed by atoms with van der Waals surface area (Å²) in [5.41, 5.74) is 11.2. The van der Waals surface area contributed by atoms with Crippen LogP contribution < -0.4 is 11.1 Å². The van der Waals surface area contributed by atoms with E-state index in [0.717, 1.165) is 35.2 Å². The van der Waals surface area contributed by atoms with E-state index in [4.69, 9.17) is 18.0 Å². The molecule has 2 heterocycles. The van der Waals surface area contributed by atoms with E-state index < -0.39 is 0 Å². The van der Waals surface area contributed by atoms with Crippen LogP contribution in [0.3, 0.4) is 0 Å². The smallest absolute Gasteiger partial charge is 0.200 e. The number of nitrogens with one attached hydrogen (secondary N) is 2. The standard InChI is InChI=1S/C20H22N4OS/c1-10(2)11-6-8-12(9-7-11)15-16-13(4-3-5-14(16)25)22-19-17(15)18(21)23-20(26)24-19/h6-10,15H,3-5H2,1-2H3,(H4,21,22,23,24,26). The average Bonchev–Trinajstić information content (AvgIpc) is 2.60. The van der Waals surface area contributed by atoms with Gasteiger partial charge in [-0.3, -0.25) is 4.79 Å². The molecule has 1 aromatic heterocycles. The number of aromatic amines is 1. The van der Waals surface area contributed by atoms with Crippen molar-refractivity contribution in [3.8, 4) is 0 Å². The van der Waals surface area contributed by atoms with Gasteiger partial charge >= 0.3 is 0 Å². The molecule has 4 rings (SSSR count). The molecular formula is C20H22N4OS. The summed E-state index contributed by atoms with van der Waals surface area (Å²) in [7, 11) is 0. The first kappa shape index (κ1) is 17.0. The van der Waals surface area contributed by atoms with Gasteiger partial charge in [-0.15, -0.1) is 0 Å². The first-order chi connectivity index (χ1) is 12.5. The van der Waals surface area contributed by atoms with Gasteiger partial charge in [0.05, 0.1) is 0 Å². The van der Waals surface area contributed by atoms with Crippen LogP contribution in [-0.2, 0) is 4.79 Å². The molecule has 2 aromatic rings. The SMILES string of the molecule is CC(C)c1ccc(C2C3=C(CCCC3=O)Nc3nc(=S)[nH]c(N)c32)cc1. The number of allylic oxidation sites excluding steroid dienone is 2. The molecule has 1 atom stereocenters. The van der Waals surface area contributed by atoms with E-state index >= 15 is 0 Å². The van der Waals surface area contributed by atoms with Crippen LogP contribution in [0, 0.1) is 4.77 Å². The van der Waals surface area contributed by atoms with Crippen molar-refractivity contribution in [1.29, 1.82) is 0 Å². The lowest BCUT2D eigenvalue weighted by molar-refractivity contribution is -0.116. The summed E-state index contributed by atoms with van der Waals surface area (Å²) in [6.07, 6.45) is 2.27.